The predicted octanol–water partition coefficient (Wildman–Crippen LogP) is 4.16. The van der Waals surface area contributed by atoms with Gasteiger partial charge in [0.15, 0.2) is 0 Å². The maximum atomic E-state index is 12.5. The lowest BCUT2D eigenvalue weighted by Crippen LogP contribution is -2.16. The lowest BCUT2D eigenvalue weighted by molar-refractivity contribution is 0.0733. The minimum Gasteiger partial charge on any atom is -0.422 e. The summed E-state index contributed by atoms with van der Waals surface area (Å²) in [6.07, 6.45) is 0. The van der Waals surface area contributed by atoms with E-state index in [1.807, 2.05) is 24.3 Å². The van der Waals surface area contributed by atoms with Crippen molar-refractivity contribution in [3.05, 3.63) is 96.1 Å². The number of hydrogen-bond acceptors (Lipinski definition) is 3. The van der Waals surface area contributed by atoms with Gasteiger partial charge < -0.3 is 10.1 Å². The fraction of sp³-hybridized carbons (Fsp3) is 0. The lowest BCUT2D eigenvalue weighted by Gasteiger charge is -2.10. The molecule has 118 valence electrons. The highest BCUT2D eigenvalue weighted by molar-refractivity contribution is 6.06. The van der Waals surface area contributed by atoms with Crippen LogP contribution in [0.2, 0.25) is 0 Å². The van der Waals surface area contributed by atoms with Gasteiger partial charge in [0.2, 0.25) is 0 Å². The second-order valence-electron chi connectivity index (χ2n) is 5.07. The zero-order valence-electron chi connectivity index (χ0n) is 12.8. The molecule has 1 N–H and O–H groups in total. The summed E-state index contributed by atoms with van der Waals surface area (Å²) in [5, 5.41) is 2.78. The molecule has 0 bridgehead atoms. The van der Waals surface area contributed by atoms with Crippen molar-refractivity contribution in [3.8, 4) is 5.75 Å². The molecule has 0 heterocycles. The van der Waals surface area contributed by atoms with Crippen molar-refractivity contribution >= 4 is 17.6 Å². The van der Waals surface area contributed by atoms with Gasteiger partial charge in [0.05, 0.1) is 11.1 Å². The van der Waals surface area contributed by atoms with Crippen LogP contribution in [0, 0.1) is 0 Å². The number of hydrogen-bond donors (Lipinski definition) is 1. The first-order chi connectivity index (χ1) is 11.7. The summed E-state index contributed by atoms with van der Waals surface area (Å²) in [5.74, 6) is -0.618. The van der Waals surface area contributed by atoms with Gasteiger partial charge in [0, 0.05) is 5.69 Å². The minimum absolute atomic E-state index is 0.222. The quantitative estimate of drug-likeness (QED) is 0.581. The van der Waals surface area contributed by atoms with Crippen LogP contribution in [-0.4, -0.2) is 11.9 Å². The van der Waals surface area contributed by atoms with E-state index in [9.17, 15) is 9.59 Å². The number of benzene rings is 3. The first-order valence-electron chi connectivity index (χ1n) is 7.47. The summed E-state index contributed by atoms with van der Waals surface area (Å²) in [4.78, 5) is 24.6. The van der Waals surface area contributed by atoms with Crippen LogP contribution < -0.4 is 10.1 Å². The molecule has 0 radical (unpaired) electrons. The van der Waals surface area contributed by atoms with Crippen LogP contribution in [0.1, 0.15) is 20.7 Å². The smallest absolute Gasteiger partial charge is 0.343 e. The fourth-order valence-electron chi connectivity index (χ4n) is 2.20. The Morgan fingerprint density at radius 3 is 2.00 bits per heavy atom. The second-order valence-corrected chi connectivity index (χ2v) is 5.07. The van der Waals surface area contributed by atoms with Crippen molar-refractivity contribution in [3.63, 3.8) is 0 Å². The normalized spacial score (nSPS) is 10.0. The lowest BCUT2D eigenvalue weighted by atomic mass is 10.1. The van der Waals surface area contributed by atoms with Gasteiger partial charge >= 0.3 is 5.97 Å². The fourth-order valence-corrected chi connectivity index (χ4v) is 2.20. The Hall–Kier alpha value is -3.40. The summed E-state index contributed by atoms with van der Waals surface area (Å²) in [5.41, 5.74) is 1.40. The third kappa shape index (κ3) is 3.67. The Morgan fingerprint density at radius 1 is 0.708 bits per heavy atom. The molecule has 0 atom stereocenters. The van der Waals surface area contributed by atoms with E-state index in [4.69, 9.17) is 4.74 Å². The van der Waals surface area contributed by atoms with Gasteiger partial charge in [-0.2, -0.15) is 0 Å². The maximum absolute atomic E-state index is 12.5. The number of ether oxygens (including phenoxy) is 1. The molecule has 4 heteroatoms. The van der Waals surface area contributed by atoms with E-state index in [1.165, 1.54) is 0 Å². The molecule has 0 aliphatic carbocycles. The molecule has 3 aromatic carbocycles. The highest BCUT2D eigenvalue weighted by Gasteiger charge is 2.16. The summed E-state index contributed by atoms with van der Waals surface area (Å²) in [6, 6.07) is 24.4. The van der Waals surface area contributed by atoms with Crippen molar-refractivity contribution in [2.45, 2.75) is 0 Å². The minimum atomic E-state index is -0.504. The van der Waals surface area contributed by atoms with E-state index in [0.717, 1.165) is 0 Å². The van der Waals surface area contributed by atoms with E-state index in [1.54, 1.807) is 60.7 Å². The number of nitrogens with one attached hydrogen (secondary N) is 1. The summed E-state index contributed by atoms with van der Waals surface area (Å²) >= 11 is 0. The van der Waals surface area contributed by atoms with Gasteiger partial charge in [-0.15, -0.1) is 0 Å². The molecule has 0 spiro atoms. The van der Waals surface area contributed by atoms with E-state index < -0.39 is 5.97 Å². The van der Waals surface area contributed by atoms with Crippen molar-refractivity contribution in [2.75, 3.05) is 5.32 Å². The largest absolute Gasteiger partial charge is 0.422 e. The first-order valence-corrected chi connectivity index (χ1v) is 7.47. The molecular weight excluding hydrogens is 302 g/mol. The first kappa shape index (κ1) is 15.5. The van der Waals surface area contributed by atoms with Crippen LogP contribution in [-0.2, 0) is 0 Å². The van der Waals surface area contributed by atoms with Crippen molar-refractivity contribution in [2.24, 2.45) is 0 Å². The molecule has 0 saturated heterocycles. The molecular formula is C20H15NO3. The third-order valence-electron chi connectivity index (χ3n) is 3.38. The number of esters is 1. The zero-order valence-corrected chi connectivity index (χ0v) is 12.8. The van der Waals surface area contributed by atoms with E-state index in [2.05, 4.69) is 5.32 Å². The molecule has 0 saturated carbocycles. The van der Waals surface area contributed by atoms with Crippen LogP contribution in [0.3, 0.4) is 0 Å². The highest BCUT2D eigenvalue weighted by atomic mass is 16.5. The highest BCUT2D eigenvalue weighted by Crippen LogP contribution is 2.21. The van der Waals surface area contributed by atoms with Crippen LogP contribution >= 0.6 is 0 Å². The monoisotopic (exact) mass is 317 g/mol. The Morgan fingerprint density at radius 2 is 1.29 bits per heavy atom. The van der Waals surface area contributed by atoms with Gasteiger partial charge in [-0.3, -0.25) is 4.79 Å². The molecule has 0 unspecified atom stereocenters. The number of carbonyl (C=O) groups is 2. The Bertz CT molecular complexity index is 845. The van der Waals surface area contributed by atoms with Gasteiger partial charge in [0.25, 0.3) is 5.91 Å². The average Bonchev–Trinajstić information content (AvgIpc) is 2.63. The second kappa shape index (κ2) is 7.24. The Kier molecular flexibility index (Phi) is 4.68. The molecule has 1 amide bonds. The number of anilines is 1. The van der Waals surface area contributed by atoms with E-state index in [-0.39, 0.29) is 11.7 Å². The van der Waals surface area contributed by atoms with Crippen molar-refractivity contribution in [1.29, 1.82) is 0 Å². The average molecular weight is 317 g/mol. The maximum Gasteiger partial charge on any atom is 0.343 e. The van der Waals surface area contributed by atoms with E-state index in [0.29, 0.717) is 16.8 Å². The molecule has 0 aliphatic heterocycles. The summed E-state index contributed by atoms with van der Waals surface area (Å²) < 4.78 is 5.39. The molecule has 4 nitrogen and oxygen atoms in total. The SMILES string of the molecule is O=C(Oc1ccccc1C(=O)Nc1ccccc1)c1ccccc1. The van der Waals surface area contributed by atoms with E-state index >= 15 is 0 Å². The summed E-state index contributed by atoms with van der Waals surface area (Å²) in [6.45, 7) is 0. The van der Waals surface area contributed by atoms with Gasteiger partial charge in [-0.1, -0.05) is 48.5 Å². The van der Waals surface area contributed by atoms with Crippen molar-refractivity contribution < 1.29 is 14.3 Å². The van der Waals surface area contributed by atoms with Crippen LogP contribution in [0.4, 0.5) is 5.69 Å². The van der Waals surface area contributed by atoms with Crippen LogP contribution in [0.25, 0.3) is 0 Å². The Balaban J connectivity index is 1.80. The van der Waals surface area contributed by atoms with Gasteiger partial charge in [0.1, 0.15) is 5.75 Å². The number of carbonyl (C=O) groups excluding carboxylic acids is 2. The molecule has 24 heavy (non-hydrogen) atoms. The number of para-hydroxylation sites is 2. The van der Waals surface area contributed by atoms with Crippen LogP contribution in [0.5, 0.6) is 5.75 Å². The zero-order chi connectivity index (χ0) is 16.8. The number of amides is 1. The standard InChI is InChI=1S/C20H15NO3/c22-19(21-16-11-5-2-6-12-16)17-13-7-8-14-18(17)24-20(23)15-9-3-1-4-10-15/h1-14H,(H,21,22). The third-order valence-corrected chi connectivity index (χ3v) is 3.38. The molecule has 3 aromatic rings. The van der Waals surface area contributed by atoms with Gasteiger partial charge in [-0.25, -0.2) is 4.79 Å². The Labute approximate surface area is 139 Å². The van der Waals surface area contributed by atoms with Crippen LogP contribution in [0.15, 0.2) is 84.9 Å². The molecule has 0 fully saturated rings. The predicted molar refractivity (Wildman–Crippen MR) is 92.2 cm³/mol. The molecule has 0 aliphatic rings. The molecule has 3 rings (SSSR count). The number of rotatable bonds is 4. The topological polar surface area (TPSA) is 55.4 Å². The molecule has 0 aromatic heterocycles. The summed E-state index contributed by atoms with van der Waals surface area (Å²) in [7, 11) is 0. The van der Waals surface area contributed by atoms with Gasteiger partial charge in [-0.05, 0) is 36.4 Å². The van der Waals surface area contributed by atoms with Crippen molar-refractivity contribution in [1.82, 2.24) is 0 Å².